The van der Waals surface area contributed by atoms with Crippen LogP contribution in [0.15, 0.2) is 35.7 Å². The van der Waals surface area contributed by atoms with Gasteiger partial charge in [0.15, 0.2) is 0 Å². The van der Waals surface area contributed by atoms with Gasteiger partial charge in [0.1, 0.15) is 0 Å². The predicted molar refractivity (Wildman–Crippen MR) is 71.3 cm³/mol. The molecule has 1 aliphatic heterocycles. The van der Waals surface area contributed by atoms with Gasteiger partial charge in [0.2, 0.25) is 0 Å². The first-order chi connectivity index (χ1) is 8.66. The van der Waals surface area contributed by atoms with Crippen molar-refractivity contribution in [3.8, 4) is 0 Å². The zero-order valence-corrected chi connectivity index (χ0v) is 10.8. The maximum atomic E-state index is 11.9. The summed E-state index contributed by atoms with van der Waals surface area (Å²) in [4.78, 5) is 26.3. The molecule has 0 spiro atoms. The third-order valence-electron chi connectivity index (χ3n) is 2.83. The van der Waals surface area contributed by atoms with E-state index in [0.717, 1.165) is 4.88 Å². The number of ketones is 1. The van der Waals surface area contributed by atoms with Gasteiger partial charge in [0.05, 0.1) is 17.8 Å². The summed E-state index contributed by atoms with van der Waals surface area (Å²) in [7, 11) is 0. The zero-order valence-electron chi connectivity index (χ0n) is 9.22. The lowest BCUT2D eigenvalue weighted by Gasteiger charge is -2.15. The van der Waals surface area contributed by atoms with Gasteiger partial charge in [-0.05, 0) is 29.6 Å². The van der Waals surface area contributed by atoms with E-state index in [4.69, 9.17) is 11.6 Å². The Morgan fingerprint density at radius 2 is 2.06 bits per heavy atom. The van der Waals surface area contributed by atoms with Crippen LogP contribution in [0.25, 0.3) is 0 Å². The van der Waals surface area contributed by atoms with Crippen LogP contribution in [0.4, 0.5) is 5.69 Å². The molecule has 1 aromatic heterocycles. The smallest absolute Gasteiger partial charge is 0.299 e. The molecule has 1 amide bonds. The molecule has 18 heavy (non-hydrogen) atoms. The molecule has 90 valence electrons. The van der Waals surface area contributed by atoms with E-state index in [9.17, 15) is 9.59 Å². The highest BCUT2D eigenvalue weighted by molar-refractivity contribution is 7.09. The van der Waals surface area contributed by atoms with E-state index in [2.05, 4.69) is 0 Å². The first-order valence-electron chi connectivity index (χ1n) is 5.35. The summed E-state index contributed by atoms with van der Waals surface area (Å²) in [6, 6.07) is 8.74. The largest absolute Gasteiger partial charge is 0.299 e. The van der Waals surface area contributed by atoms with E-state index in [0.29, 0.717) is 22.8 Å². The molecule has 0 atom stereocenters. The van der Waals surface area contributed by atoms with E-state index in [-0.39, 0.29) is 0 Å². The van der Waals surface area contributed by atoms with Crippen LogP contribution >= 0.6 is 22.9 Å². The number of rotatable bonds is 2. The van der Waals surface area contributed by atoms with Crippen molar-refractivity contribution in [1.82, 2.24) is 0 Å². The zero-order chi connectivity index (χ0) is 12.7. The summed E-state index contributed by atoms with van der Waals surface area (Å²) in [6.07, 6.45) is 0. The van der Waals surface area contributed by atoms with Crippen LogP contribution in [0.2, 0.25) is 5.02 Å². The second-order valence-electron chi connectivity index (χ2n) is 3.96. The number of carbonyl (C=O) groups excluding carboxylic acids is 2. The van der Waals surface area contributed by atoms with Crippen LogP contribution < -0.4 is 4.90 Å². The topological polar surface area (TPSA) is 37.4 Å². The Morgan fingerprint density at radius 1 is 1.22 bits per heavy atom. The summed E-state index contributed by atoms with van der Waals surface area (Å²) in [6.45, 7) is 0.412. The van der Waals surface area contributed by atoms with Crippen LogP contribution in [0, 0.1) is 0 Å². The SMILES string of the molecule is O=C1C(=O)N(Cc2cccs2)c2cc(Cl)ccc21. The Bertz CT molecular complexity index is 636. The Labute approximate surface area is 113 Å². The summed E-state index contributed by atoms with van der Waals surface area (Å²) in [5.41, 5.74) is 1.03. The molecule has 0 unspecified atom stereocenters. The maximum Gasteiger partial charge on any atom is 0.299 e. The summed E-state index contributed by atoms with van der Waals surface area (Å²) < 4.78 is 0. The highest BCUT2D eigenvalue weighted by Crippen LogP contribution is 2.33. The van der Waals surface area contributed by atoms with E-state index >= 15 is 0 Å². The van der Waals surface area contributed by atoms with E-state index in [1.54, 1.807) is 29.5 Å². The van der Waals surface area contributed by atoms with Crippen LogP contribution in [-0.4, -0.2) is 11.7 Å². The number of amides is 1. The molecule has 5 heteroatoms. The number of thiophene rings is 1. The summed E-state index contributed by atoms with van der Waals surface area (Å²) >= 11 is 7.47. The number of halogens is 1. The number of benzene rings is 1. The minimum atomic E-state index is -0.485. The number of fused-ring (bicyclic) bond motifs is 1. The Kier molecular flexibility index (Phi) is 2.69. The van der Waals surface area contributed by atoms with Crippen LogP contribution in [0.1, 0.15) is 15.2 Å². The summed E-state index contributed by atoms with van der Waals surface area (Å²) in [5, 5.41) is 2.46. The van der Waals surface area contributed by atoms with Crippen molar-refractivity contribution < 1.29 is 9.59 Å². The molecule has 2 heterocycles. The lowest BCUT2D eigenvalue weighted by molar-refractivity contribution is -0.114. The molecule has 0 saturated heterocycles. The molecule has 3 rings (SSSR count). The fraction of sp³-hybridized carbons (Fsp3) is 0.0769. The van der Waals surface area contributed by atoms with Crippen LogP contribution in [0.5, 0.6) is 0 Å². The van der Waals surface area contributed by atoms with Gasteiger partial charge < -0.3 is 0 Å². The Morgan fingerprint density at radius 3 is 2.78 bits per heavy atom. The molecule has 0 bridgehead atoms. The second-order valence-corrected chi connectivity index (χ2v) is 5.43. The van der Waals surface area contributed by atoms with Crippen molar-refractivity contribution in [3.05, 3.63) is 51.2 Å². The predicted octanol–water partition coefficient (Wildman–Crippen LogP) is 3.13. The highest BCUT2D eigenvalue weighted by Gasteiger charge is 2.35. The van der Waals surface area contributed by atoms with E-state index in [1.165, 1.54) is 4.90 Å². The van der Waals surface area contributed by atoms with Crippen molar-refractivity contribution in [2.24, 2.45) is 0 Å². The number of Topliss-reactive ketones (excluding diaryl/α,β-unsaturated/α-hetero) is 1. The Hall–Kier alpha value is -1.65. The Balaban J connectivity index is 2.03. The van der Waals surface area contributed by atoms with Crippen molar-refractivity contribution in [3.63, 3.8) is 0 Å². The molecule has 0 radical (unpaired) electrons. The number of anilines is 1. The molecule has 0 aliphatic carbocycles. The van der Waals surface area contributed by atoms with Gasteiger partial charge in [-0.15, -0.1) is 11.3 Å². The molecule has 1 aliphatic rings. The van der Waals surface area contributed by atoms with Gasteiger partial charge in [-0.25, -0.2) is 0 Å². The highest BCUT2D eigenvalue weighted by atomic mass is 35.5. The number of carbonyl (C=O) groups is 2. The van der Waals surface area contributed by atoms with E-state index < -0.39 is 11.7 Å². The minimum Gasteiger partial charge on any atom is -0.299 e. The maximum absolute atomic E-state index is 11.9. The fourth-order valence-corrected chi connectivity index (χ4v) is 2.84. The third kappa shape index (κ3) is 1.74. The molecule has 0 saturated carbocycles. The molecule has 3 nitrogen and oxygen atoms in total. The molecule has 2 aromatic rings. The average Bonchev–Trinajstić information content (AvgIpc) is 2.93. The standard InChI is InChI=1S/C13H8ClNO2S/c14-8-3-4-10-11(6-8)15(13(17)12(10)16)7-9-2-1-5-18-9/h1-6H,7H2. The second kappa shape index (κ2) is 4.23. The number of hydrogen-bond acceptors (Lipinski definition) is 3. The van der Waals surface area contributed by atoms with Gasteiger partial charge >= 0.3 is 0 Å². The molecule has 0 N–H and O–H groups in total. The summed E-state index contributed by atoms with van der Waals surface area (Å²) in [5.74, 6) is -0.945. The van der Waals surface area contributed by atoms with Crippen molar-refractivity contribution in [2.75, 3.05) is 4.90 Å². The first kappa shape index (κ1) is 11.4. The quantitative estimate of drug-likeness (QED) is 0.791. The van der Waals surface area contributed by atoms with Gasteiger partial charge in [-0.1, -0.05) is 17.7 Å². The molecular formula is C13H8ClNO2S. The first-order valence-corrected chi connectivity index (χ1v) is 6.61. The van der Waals surface area contributed by atoms with Crippen molar-refractivity contribution in [1.29, 1.82) is 0 Å². The van der Waals surface area contributed by atoms with Crippen molar-refractivity contribution >= 4 is 40.3 Å². The molecule has 1 aromatic carbocycles. The van der Waals surface area contributed by atoms with Crippen molar-refractivity contribution in [2.45, 2.75) is 6.54 Å². The average molecular weight is 278 g/mol. The normalized spacial score (nSPS) is 14.2. The third-order valence-corrected chi connectivity index (χ3v) is 3.92. The fourth-order valence-electron chi connectivity index (χ4n) is 1.98. The molecular weight excluding hydrogens is 270 g/mol. The lowest BCUT2D eigenvalue weighted by atomic mass is 10.1. The molecule has 0 fully saturated rings. The van der Waals surface area contributed by atoms with Gasteiger partial charge in [0, 0.05) is 9.90 Å². The number of hydrogen-bond donors (Lipinski definition) is 0. The van der Waals surface area contributed by atoms with Crippen LogP contribution in [-0.2, 0) is 11.3 Å². The minimum absolute atomic E-state index is 0.412. The van der Waals surface area contributed by atoms with Gasteiger partial charge in [-0.3, -0.25) is 14.5 Å². The van der Waals surface area contributed by atoms with Gasteiger partial charge in [-0.2, -0.15) is 0 Å². The van der Waals surface area contributed by atoms with Gasteiger partial charge in [0.25, 0.3) is 11.7 Å². The van der Waals surface area contributed by atoms with Crippen LogP contribution in [0.3, 0.4) is 0 Å². The van der Waals surface area contributed by atoms with E-state index in [1.807, 2.05) is 17.5 Å². The monoisotopic (exact) mass is 277 g/mol. The number of nitrogens with zero attached hydrogens (tertiary/aromatic N) is 1. The lowest BCUT2D eigenvalue weighted by Crippen LogP contribution is -2.28.